The third-order valence-corrected chi connectivity index (χ3v) is 3.26. The summed E-state index contributed by atoms with van der Waals surface area (Å²) in [5.41, 5.74) is 2.43. The van der Waals surface area contributed by atoms with Gasteiger partial charge in [0.1, 0.15) is 0 Å². The Kier molecular flexibility index (Phi) is 3.06. The maximum atomic E-state index is 6.18. The van der Waals surface area contributed by atoms with Crippen LogP contribution in [0, 0.1) is 0 Å². The normalized spacial score (nSPS) is 15.0. The van der Waals surface area contributed by atoms with Gasteiger partial charge < -0.3 is 9.47 Å². The van der Waals surface area contributed by atoms with Gasteiger partial charge in [0.15, 0.2) is 0 Å². The van der Waals surface area contributed by atoms with Gasteiger partial charge in [0, 0.05) is 17.8 Å². The summed E-state index contributed by atoms with van der Waals surface area (Å²) in [6, 6.07) is 3.66. The van der Waals surface area contributed by atoms with Gasteiger partial charge in [0.25, 0.3) is 0 Å². The third-order valence-electron chi connectivity index (χ3n) is 2.94. The summed E-state index contributed by atoms with van der Waals surface area (Å²) in [6.07, 6.45) is 4.30. The number of ether oxygens (including phenoxy) is 2. The molecule has 0 unspecified atom stereocenters. The maximum Gasteiger partial charge on any atom is 0.213 e. The summed E-state index contributed by atoms with van der Waals surface area (Å²) in [5, 5.41) is 0.587. The second kappa shape index (κ2) is 4.71. The standard InChI is InChI=1S/C13H13ClN2O2/c1-17-12-5-4-11-13(16-12)9(10(14)6-15-11)7-18-8-2-3-8/h4-6,8H,2-3,7H2,1H3. The number of hydrogen-bond acceptors (Lipinski definition) is 4. The minimum Gasteiger partial charge on any atom is -0.481 e. The average Bonchev–Trinajstić information content (AvgIpc) is 3.21. The van der Waals surface area contributed by atoms with E-state index in [0.717, 1.165) is 29.4 Å². The molecule has 1 aliphatic carbocycles. The molecule has 18 heavy (non-hydrogen) atoms. The second-order valence-electron chi connectivity index (χ2n) is 4.32. The van der Waals surface area contributed by atoms with Crippen molar-refractivity contribution in [3.63, 3.8) is 0 Å². The molecule has 0 spiro atoms. The first-order valence-electron chi connectivity index (χ1n) is 5.87. The van der Waals surface area contributed by atoms with Crippen LogP contribution in [0.25, 0.3) is 11.0 Å². The van der Waals surface area contributed by atoms with E-state index in [0.29, 0.717) is 23.6 Å². The number of halogens is 1. The Morgan fingerprint density at radius 1 is 1.39 bits per heavy atom. The van der Waals surface area contributed by atoms with Crippen LogP contribution in [-0.4, -0.2) is 23.2 Å². The van der Waals surface area contributed by atoms with Crippen LogP contribution in [0.1, 0.15) is 18.4 Å². The van der Waals surface area contributed by atoms with Crippen LogP contribution in [0.2, 0.25) is 5.02 Å². The Morgan fingerprint density at radius 3 is 2.94 bits per heavy atom. The van der Waals surface area contributed by atoms with Crippen molar-refractivity contribution in [2.75, 3.05) is 7.11 Å². The molecule has 1 fully saturated rings. The fourth-order valence-electron chi connectivity index (χ4n) is 1.76. The van der Waals surface area contributed by atoms with Crippen LogP contribution in [0.3, 0.4) is 0 Å². The van der Waals surface area contributed by atoms with Crippen LogP contribution >= 0.6 is 11.6 Å². The Balaban J connectivity index is 2.03. The SMILES string of the molecule is COc1ccc2ncc(Cl)c(COC3CC3)c2n1. The molecule has 5 heteroatoms. The van der Waals surface area contributed by atoms with E-state index in [2.05, 4.69) is 9.97 Å². The number of fused-ring (bicyclic) bond motifs is 1. The lowest BCUT2D eigenvalue weighted by atomic mass is 10.2. The highest BCUT2D eigenvalue weighted by molar-refractivity contribution is 6.32. The summed E-state index contributed by atoms with van der Waals surface area (Å²) in [6.45, 7) is 0.475. The number of aromatic nitrogens is 2. The molecule has 0 N–H and O–H groups in total. The Hall–Kier alpha value is -1.39. The van der Waals surface area contributed by atoms with Crippen molar-refractivity contribution in [1.82, 2.24) is 9.97 Å². The molecule has 2 aromatic heterocycles. The van der Waals surface area contributed by atoms with Gasteiger partial charge in [-0.2, -0.15) is 0 Å². The summed E-state index contributed by atoms with van der Waals surface area (Å²) < 4.78 is 10.8. The van der Waals surface area contributed by atoms with E-state index in [9.17, 15) is 0 Å². The minimum absolute atomic E-state index is 0.384. The molecule has 0 atom stereocenters. The first-order valence-corrected chi connectivity index (χ1v) is 6.25. The van der Waals surface area contributed by atoms with Crippen LogP contribution in [-0.2, 0) is 11.3 Å². The molecule has 0 amide bonds. The smallest absolute Gasteiger partial charge is 0.213 e. The fraction of sp³-hybridized carbons (Fsp3) is 0.385. The first-order chi connectivity index (χ1) is 8.78. The molecule has 1 saturated carbocycles. The molecular formula is C13H13ClN2O2. The average molecular weight is 265 g/mol. The molecule has 1 aliphatic rings. The number of hydrogen-bond donors (Lipinski definition) is 0. The van der Waals surface area contributed by atoms with Crippen molar-refractivity contribution in [3.8, 4) is 5.88 Å². The van der Waals surface area contributed by atoms with Crippen LogP contribution in [0.5, 0.6) is 5.88 Å². The fourth-order valence-corrected chi connectivity index (χ4v) is 1.96. The van der Waals surface area contributed by atoms with Crippen molar-refractivity contribution < 1.29 is 9.47 Å². The van der Waals surface area contributed by atoms with E-state index in [-0.39, 0.29) is 0 Å². The molecule has 0 bridgehead atoms. The lowest BCUT2D eigenvalue weighted by Gasteiger charge is -2.09. The largest absolute Gasteiger partial charge is 0.481 e. The van der Waals surface area contributed by atoms with Gasteiger partial charge in [-0.1, -0.05) is 11.6 Å². The molecule has 0 aromatic carbocycles. The highest BCUT2D eigenvalue weighted by atomic mass is 35.5. The molecule has 4 nitrogen and oxygen atoms in total. The van der Waals surface area contributed by atoms with Crippen molar-refractivity contribution >= 4 is 22.6 Å². The maximum absolute atomic E-state index is 6.18. The summed E-state index contributed by atoms with van der Waals surface area (Å²) >= 11 is 6.18. The van der Waals surface area contributed by atoms with Gasteiger partial charge in [-0.05, 0) is 18.9 Å². The van der Waals surface area contributed by atoms with E-state index < -0.39 is 0 Å². The van der Waals surface area contributed by atoms with Crippen molar-refractivity contribution in [2.45, 2.75) is 25.6 Å². The molecule has 2 heterocycles. The first kappa shape index (κ1) is 11.7. The summed E-state index contributed by atoms with van der Waals surface area (Å²) in [4.78, 5) is 8.66. The van der Waals surface area contributed by atoms with Gasteiger partial charge in [-0.15, -0.1) is 0 Å². The zero-order valence-corrected chi connectivity index (χ0v) is 10.8. The summed E-state index contributed by atoms with van der Waals surface area (Å²) in [5.74, 6) is 0.555. The lowest BCUT2D eigenvalue weighted by molar-refractivity contribution is 0.107. The molecule has 94 valence electrons. The third kappa shape index (κ3) is 2.26. The van der Waals surface area contributed by atoms with Crippen molar-refractivity contribution in [2.24, 2.45) is 0 Å². The van der Waals surface area contributed by atoms with Crippen molar-refractivity contribution in [3.05, 3.63) is 28.9 Å². The monoisotopic (exact) mass is 264 g/mol. The van der Waals surface area contributed by atoms with Crippen LogP contribution < -0.4 is 4.74 Å². The van der Waals surface area contributed by atoms with Gasteiger partial charge in [-0.3, -0.25) is 4.98 Å². The number of rotatable bonds is 4. The highest BCUT2D eigenvalue weighted by Gasteiger charge is 2.23. The van der Waals surface area contributed by atoms with E-state index in [1.54, 1.807) is 19.4 Å². The van der Waals surface area contributed by atoms with E-state index >= 15 is 0 Å². The van der Waals surface area contributed by atoms with E-state index in [1.807, 2.05) is 6.07 Å². The molecule has 3 rings (SSSR count). The highest BCUT2D eigenvalue weighted by Crippen LogP contribution is 2.29. The minimum atomic E-state index is 0.384. The Morgan fingerprint density at radius 2 is 2.22 bits per heavy atom. The Bertz CT molecular complexity index is 584. The van der Waals surface area contributed by atoms with Gasteiger partial charge in [0.05, 0.1) is 35.9 Å². The predicted molar refractivity (Wildman–Crippen MR) is 68.9 cm³/mol. The number of pyridine rings is 2. The lowest BCUT2D eigenvalue weighted by Crippen LogP contribution is -2.00. The zero-order valence-electron chi connectivity index (χ0n) is 10.0. The van der Waals surface area contributed by atoms with Gasteiger partial charge in [0.2, 0.25) is 5.88 Å². The molecule has 2 aromatic rings. The van der Waals surface area contributed by atoms with E-state index in [4.69, 9.17) is 21.1 Å². The second-order valence-corrected chi connectivity index (χ2v) is 4.72. The molecule has 0 aliphatic heterocycles. The summed E-state index contributed by atoms with van der Waals surface area (Å²) in [7, 11) is 1.59. The predicted octanol–water partition coefficient (Wildman–Crippen LogP) is 2.97. The molecule has 0 radical (unpaired) electrons. The van der Waals surface area contributed by atoms with Crippen molar-refractivity contribution in [1.29, 1.82) is 0 Å². The zero-order chi connectivity index (χ0) is 12.5. The quantitative estimate of drug-likeness (QED) is 0.852. The van der Waals surface area contributed by atoms with E-state index in [1.165, 1.54) is 0 Å². The Labute approximate surface area is 110 Å². The topological polar surface area (TPSA) is 44.2 Å². The van der Waals surface area contributed by atoms with Gasteiger partial charge in [-0.25, -0.2) is 4.98 Å². The van der Waals surface area contributed by atoms with Crippen LogP contribution in [0.4, 0.5) is 0 Å². The molecule has 0 saturated heterocycles. The number of methoxy groups -OCH3 is 1. The van der Waals surface area contributed by atoms with Gasteiger partial charge >= 0.3 is 0 Å². The molecular weight excluding hydrogens is 252 g/mol. The number of nitrogens with zero attached hydrogens (tertiary/aromatic N) is 2. The van der Waals surface area contributed by atoms with Crippen LogP contribution in [0.15, 0.2) is 18.3 Å².